The fourth-order valence-electron chi connectivity index (χ4n) is 12.5. The zero-order valence-corrected chi connectivity index (χ0v) is 48.4. The monoisotopic (exact) mass is 1110 g/mol. The van der Waals surface area contributed by atoms with Gasteiger partial charge in [0.15, 0.2) is 0 Å². The predicted molar refractivity (Wildman–Crippen MR) is 364 cm³/mol. The van der Waals surface area contributed by atoms with Crippen molar-refractivity contribution in [2.75, 3.05) is 24.5 Å². The molecule has 0 bridgehead atoms. The van der Waals surface area contributed by atoms with E-state index in [4.69, 9.17) is 0 Å². The lowest BCUT2D eigenvalue weighted by atomic mass is 9.93. The fraction of sp³-hybridized carbons (Fsp3) is 0.0750. The number of hydrogen-bond acceptors (Lipinski definition) is 5. The van der Waals surface area contributed by atoms with Crippen molar-refractivity contribution in [3.63, 3.8) is 0 Å². The lowest BCUT2D eigenvalue weighted by Gasteiger charge is -2.34. The third-order valence-electron chi connectivity index (χ3n) is 16.6. The fourth-order valence-corrected chi connectivity index (χ4v) is 12.5. The van der Waals surface area contributed by atoms with E-state index in [0.717, 1.165) is 92.1 Å². The van der Waals surface area contributed by atoms with E-state index in [9.17, 15) is 0 Å². The van der Waals surface area contributed by atoms with Crippen LogP contribution in [0.15, 0.2) is 339 Å². The highest BCUT2D eigenvalue weighted by atomic mass is 15.2. The van der Waals surface area contributed by atoms with Gasteiger partial charge in [0.1, 0.15) is 0 Å². The van der Waals surface area contributed by atoms with Crippen molar-refractivity contribution in [3.8, 4) is 0 Å². The molecule has 0 N–H and O–H groups in total. The zero-order valence-electron chi connectivity index (χ0n) is 48.4. The molecule has 86 heavy (non-hydrogen) atoms. The number of nitrogens with zero attached hydrogens (tertiary/aromatic N) is 6. The molecular weight excluding hydrogens is 1040 g/mol. The highest BCUT2D eigenvalue weighted by Gasteiger charge is 2.28. The van der Waals surface area contributed by atoms with Crippen LogP contribution in [0.3, 0.4) is 0 Å². The van der Waals surface area contributed by atoms with Gasteiger partial charge in [-0.15, -0.1) is 0 Å². The molecule has 0 radical (unpaired) electrons. The van der Waals surface area contributed by atoms with Gasteiger partial charge in [0.05, 0.1) is 11.0 Å². The Morgan fingerprint density at radius 2 is 0.605 bits per heavy atom. The third kappa shape index (κ3) is 10.5. The standard InChI is InChI=1S/C80H66N6/c1-59-38-40-68(41-39-59)83(65-32-18-7-19-33-65)73-50-53-78(60(2)56-73)86-79-54-51-74(84(66-34-20-8-21-35-66)71-46-42-69(43-47-71)81(61-24-10-3-11-25-61)62-26-12-4-13-27-62)57-76(79)77-58-75(52-55-80(77)86)85(67-36-22-9-23-37-67)72-48-44-70(45-49-72)82(63-28-14-5-15-29-63)64-30-16-6-17-31-64/h3-38,40-55,57-60H,39,56H2,1-2H3. The number of anilines is 13. The Morgan fingerprint density at radius 1 is 0.314 bits per heavy atom. The molecule has 0 saturated heterocycles. The van der Waals surface area contributed by atoms with Crippen molar-refractivity contribution in [3.05, 3.63) is 339 Å². The lowest BCUT2D eigenvalue weighted by molar-refractivity contribution is 0.680. The average molecular weight is 1110 g/mol. The molecule has 2 atom stereocenters. The van der Waals surface area contributed by atoms with Crippen LogP contribution in [0.1, 0.15) is 26.7 Å². The maximum Gasteiger partial charge on any atom is 0.0539 e. The van der Waals surface area contributed by atoms with Gasteiger partial charge in [-0.3, -0.25) is 0 Å². The van der Waals surface area contributed by atoms with Crippen LogP contribution in [0.2, 0.25) is 0 Å². The van der Waals surface area contributed by atoms with Crippen molar-refractivity contribution in [2.24, 2.45) is 11.8 Å². The Morgan fingerprint density at radius 3 is 0.907 bits per heavy atom. The first kappa shape index (κ1) is 53.2. The zero-order chi connectivity index (χ0) is 57.8. The van der Waals surface area contributed by atoms with Crippen molar-refractivity contribution in [1.82, 2.24) is 4.57 Å². The van der Waals surface area contributed by atoms with Crippen LogP contribution in [0.5, 0.6) is 0 Å². The molecule has 0 aliphatic heterocycles. The van der Waals surface area contributed by atoms with E-state index in [1.165, 1.54) is 33.6 Å². The molecule has 6 nitrogen and oxygen atoms in total. The number of para-hydroxylation sites is 7. The minimum Gasteiger partial charge on any atom is -0.315 e. The van der Waals surface area contributed by atoms with Gasteiger partial charge >= 0.3 is 0 Å². The smallest absolute Gasteiger partial charge is 0.0539 e. The molecular formula is C80H66N6. The minimum absolute atomic E-state index is 0.183. The van der Waals surface area contributed by atoms with Gasteiger partial charge in [0, 0.05) is 108 Å². The topological polar surface area (TPSA) is 21.1 Å². The molecule has 6 heteroatoms. The second kappa shape index (κ2) is 23.8. The quantitative estimate of drug-likeness (QED) is 0.0958. The van der Waals surface area contributed by atoms with Crippen LogP contribution in [-0.4, -0.2) is 4.57 Å². The van der Waals surface area contributed by atoms with Crippen molar-refractivity contribution in [1.29, 1.82) is 0 Å². The summed E-state index contributed by atoms with van der Waals surface area (Å²) in [4.78, 5) is 11.9. The summed E-state index contributed by atoms with van der Waals surface area (Å²) in [5, 5.41) is 2.34. The summed E-state index contributed by atoms with van der Waals surface area (Å²) in [7, 11) is 0. The molecule has 12 aromatic rings. The second-order valence-corrected chi connectivity index (χ2v) is 22.4. The van der Waals surface area contributed by atoms with Crippen LogP contribution in [0, 0.1) is 11.8 Å². The summed E-state index contributed by atoms with van der Waals surface area (Å²) in [6.45, 7) is 4.68. The Hall–Kier alpha value is -10.8. The van der Waals surface area contributed by atoms with Crippen molar-refractivity contribution < 1.29 is 0 Å². The second-order valence-electron chi connectivity index (χ2n) is 22.4. The van der Waals surface area contributed by atoms with Gasteiger partial charge in [-0.1, -0.05) is 153 Å². The molecule has 0 spiro atoms. The Labute approximate surface area is 505 Å². The van der Waals surface area contributed by atoms with Crippen molar-refractivity contribution >= 4 is 101 Å². The molecule has 2 aliphatic carbocycles. The maximum absolute atomic E-state index is 2.54. The van der Waals surface area contributed by atoms with E-state index in [2.05, 4.69) is 371 Å². The highest BCUT2D eigenvalue weighted by Crippen LogP contribution is 2.47. The normalized spacial score (nSPS) is 14.7. The Bertz CT molecular complexity index is 4100. The molecule has 11 aromatic carbocycles. The van der Waals surface area contributed by atoms with Crippen LogP contribution < -0.4 is 24.5 Å². The van der Waals surface area contributed by atoms with E-state index in [1.54, 1.807) is 0 Å². The predicted octanol–water partition coefficient (Wildman–Crippen LogP) is 22.4. The SMILES string of the molecule is CC1C=CC(N(C2=CC=C(n3c4ccc(N(c5ccccc5)c5ccc(N(c6ccccc6)c6ccccc6)cc5)cc4c4cc(N(c5ccccc5)c5ccc(N(c6ccccc6)c6ccccc6)cc5)ccc43)C(C)C2)c2ccccc2)=CC1. The Balaban J connectivity index is 0.928. The van der Waals surface area contributed by atoms with Gasteiger partial charge in [-0.25, -0.2) is 0 Å². The maximum atomic E-state index is 2.54. The number of allylic oxidation sites excluding steroid dienone is 7. The average Bonchev–Trinajstić information content (AvgIpc) is 1.70. The molecule has 2 aliphatic rings. The van der Waals surface area contributed by atoms with Gasteiger partial charge < -0.3 is 29.1 Å². The first-order valence-electron chi connectivity index (χ1n) is 29.9. The van der Waals surface area contributed by atoms with Crippen molar-refractivity contribution in [2.45, 2.75) is 26.7 Å². The molecule has 416 valence electrons. The van der Waals surface area contributed by atoms with Gasteiger partial charge in [0.25, 0.3) is 0 Å². The summed E-state index contributed by atoms with van der Waals surface area (Å²) in [6.07, 6.45) is 13.7. The van der Waals surface area contributed by atoms with E-state index < -0.39 is 0 Å². The van der Waals surface area contributed by atoms with Crippen LogP contribution in [0.25, 0.3) is 27.5 Å². The first-order valence-corrected chi connectivity index (χ1v) is 29.9. The summed E-state index contributed by atoms with van der Waals surface area (Å²) < 4.78 is 2.54. The van der Waals surface area contributed by atoms with E-state index in [1.807, 2.05) is 0 Å². The van der Waals surface area contributed by atoms with E-state index in [-0.39, 0.29) is 5.92 Å². The van der Waals surface area contributed by atoms with Gasteiger partial charge in [-0.2, -0.15) is 0 Å². The first-order chi connectivity index (χ1) is 42.5. The molecule has 2 unspecified atom stereocenters. The summed E-state index contributed by atoms with van der Waals surface area (Å²) in [5.74, 6) is 0.702. The van der Waals surface area contributed by atoms with Crippen LogP contribution >= 0.6 is 0 Å². The highest BCUT2D eigenvalue weighted by molar-refractivity contribution is 6.13. The lowest BCUT2D eigenvalue weighted by Crippen LogP contribution is -2.25. The summed E-state index contributed by atoms with van der Waals surface area (Å²) in [6, 6.07) is 107. The summed E-state index contributed by atoms with van der Waals surface area (Å²) >= 11 is 0. The minimum atomic E-state index is 0.183. The number of hydrogen-bond donors (Lipinski definition) is 0. The number of fused-ring (bicyclic) bond motifs is 3. The van der Waals surface area contributed by atoms with Gasteiger partial charge in [0.2, 0.25) is 0 Å². The van der Waals surface area contributed by atoms with Crippen LogP contribution in [0.4, 0.5) is 73.9 Å². The number of aromatic nitrogens is 1. The number of benzene rings is 11. The molecule has 0 saturated carbocycles. The third-order valence-corrected chi connectivity index (χ3v) is 16.6. The van der Waals surface area contributed by atoms with Crippen LogP contribution in [-0.2, 0) is 0 Å². The molecule has 1 heterocycles. The molecule has 1 aromatic heterocycles. The molecule has 0 fully saturated rings. The van der Waals surface area contributed by atoms with E-state index >= 15 is 0 Å². The van der Waals surface area contributed by atoms with Gasteiger partial charge in [-0.05, 0) is 207 Å². The number of rotatable bonds is 16. The Kier molecular flexibility index (Phi) is 14.7. The molecule has 0 amide bonds. The molecule has 14 rings (SSSR count). The van der Waals surface area contributed by atoms with E-state index in [0.29, 0.717) is 5.92 Å². The largest absolute Gasteiger partial charge is 0.315 e. The summed E-state index contributed by atoms with van der Waals surface area (Å²) in [5.41, 5.74) is 20.2.